The molecule has 43 heavy (non-hydrogen) atoms. The van der Waals surface area contributed by atoms with Gasteiger partial charge in [-0.1, -0.05) is 69.2 Å². The Labute approximate surface area is 252 Å². The maximum absolute atomic E-state index is 12.2. The second-order valence-corrected chi connectivity index (χ2v) is 12.2. The number of para-hydroxylation sites is 1. The van der Waals surface area contributed by atoms with Crippen molar-refractivity contribution < 1.29 is 22.7 Å². The summed E-state index contributed by atoms with van der Waals surface area (Å²) in [4.78, 5) is 29.2. The van der Waals surface area contributed by atoms with Gasteiger partial charge in [0.25, 0.3) is 0 Å². The van der Waals surface area contributed by atoms with Gasteiger partial charge in [0.1, 0.15) is 11.6 Å². The van der Waals surface area contributed by atoms with Gasteiger partial charge >= 0.3 is 6.09 Å². The van der Waals surface area contributed by atoms with Crippen LogP contribution in [0.5, 0.6) is 5.75 Å². The number of rotatable bonds is 14. The number of nitrogens with one attached hydrogen (secondary N) is 3. The number of aryl methyl sites for hydroxylation is 1. The third kappa shape index (κ3) is 9.05. The molecule has 10 nitrogen and oxygen atoms in total. The molecule has 3 N–H and O–H groups in total. The summed E-state index contributed by atoms with van der Waals surface area (Å²) >= 11 is 0. The van der Waals surface area contributed by atoms with Crippen LogP contribution in [0.4, 0.5) is 10.5 Å². The number of hydrogen-bond donors (Lipinski definition) is 3. The number of carbonyl (C=O) groups excluding carboxylic acids is 2. The predicted molar refractivity (Wildman–Crippen MR) is 170 cm³/mol. The molecular weight excluding hydrogens is 566 g/mol. The Morgan fingerprint density at radius 3 is 2.42 bits per heavy atom. The van der Waals surface area contributed by atoms with Crippen molar-refractivity contribution in [2.45, 2.75) is 52.5 Å². The van der Waals surface area contributed by atoms with Gasteiger partial charge in [-0.05, 0) is 48.2 Å². The molecule has 228 valence electrons. The van der Waals surface area contributed by atoms with Crippen molar-refractivity contribution >= 4 is 38.7 Å². The van der Waals surface area contributed by atoms with Crippen LogP contribution in [0, 0.1) is 0 Å². The SMILES string of the molecule is CCCCNC(=O)CNc1ccc2nc(CCCC)n(Cc3ccc(-c4ccccc4OC(=O)NS(C)(=O)=O)cc3)c2c1. The fourth-order valence-corrected chi connectivity index (χ4v) is 5.02. The molecule has 0 atom stereocenters. The minimum atomic E-state index is -3.75. The van der Waals surface area contributed by atoms with E-state index in [2.05, 4.69) is 29.0 Å². The largest absolute Gasteiger partial charge is 0.426 e. The van der Waals surface area contributed by atoms with E-state index in [0.717, 1.165) is 72.0 Å². The summed E-state index contributed by atoms with van der Waals surface area (Å²) in [5.74, 6) is 1.22. The minimum Gasteiger partial charge on any atom is -0.409 e. The summed E-state index contributed by atoms with van der Waals surface area (Å²) in [6, 6.07) is 20.9. The molecule has 0 radical (unpaired) electrons. The van der Waals surface area contributed by atoms with Crippen LogP contribution in [0.25, 0.3) is 22.2 Å². The fourth-order valence-electron chi connectivity index (χ4n) is 4.67. The van der Waals surface area contributed by atoms with Crippen molar-refractivity contribution in [1.29, 1.82) is 0 Å². The van der Waals surface area contributed by atoms with E-state index in [0.29, 0.717) is 18.7 Å². The lowest BCUT2D eigenvalue weighted by molar-refractivity contribution is -0.119. The highest BCUT2D eigenvalue weighted by molar-refractivity contribution is 7.89. The number of amides is 2. The van der Waals surface area contributed by atoms with E-state index >= 15 is 0 Å². The van der Waals surface area contributed by atoms with Gasteiger partial charge in [-0.25, -0.2) is 22.9 Å². The minimum absolute atomic E-state index is 0.0335. The Hall–Kier alpha value is -4.38. The van der Waals surface area contributed by atoms with E-state index in [1.807, 2.05) is 59.3 Å². The maximum atomic E-state index is 12.2. The molecule has 4 rings (SSSR count). The first-order valence-corrected chi connectivity index (χ1v) is 16.4. The summed E-state index contributed by atoms with van der Waals surface area (Å²) in [5.41, 5.74) is 5.28. The molecule has 2 amide bonds. The molecule has 0 saturated carbocycles. The van der Waals surface area contributed by atoms with Crippen LogP contribution >= 0.6 is 0 Å². The topological polar surface area (TPSA) is 131 Å². The average Bonchev–Trinajstić information content (AvgIpc) is 3.31. The van der Waals surface area contributed by atoms with E-state index in [9.17, 15) is 18.0 Å². The zero-order chi connectivity index (χ0) is 30.8. The lowest BCUT2D eigenvalue weighted by Crippen LogP contribution is -2.32. The quantitative estimate of drug-likeness (QED) is 0.162. The van der Waals surface area contributed by atoms with Crippen molar-refractivity contribution in [2.75, 3.05) is 24.7 Å². The standard InChI is InChI=1S/C32H39N5O5S/c1-4-6-12-30-35-27-18-17-25(34-21-31(38)33-19-7-5-2)20-28(27)37(30)22-23-13-15-24(16-14-23)26-10-8-9-11-29(26)42-32(39)36-43(3,40)41/h8-11,13-18,20,34H,4-7,12,19,21-22H2,1-3H3,(H,33,38)(H,36,39). The third-order valence-corrected chi connectivity index (χ3v) is 7.39. The van der Waals surface area contributed by atoms with Gasteiger partial charge in [0, 0.05) is 30.8 Å². The van der Waals surface area contributed by atoms with Crippen molar-refractivity contribution in [3.63, 3.8) is 0 Å². The monoisotopic (exact) mass is 605 g/mol. The number of hydrogen-bond acceptors (Lipinski definition) is 7. The van der Waals surface area contributed by atoms with Crippen LogP contribution in [0.2, 0.25) is 0 Å². The van der Waals surface area contributed by atoms with Crippen LogP contribution in [0.3, 0.4) is 0 Å². The smallest absolute Gasteiger partial charge is 0.409 e. The van der Waals surface area contributed by atoms with Crippen molar-refractivity contribution in [3.8, 4) is 16.9 Å². The normalized spacial score (nSPS) is 11.3. The Morgan fingerprint density at radius 2 is 1.70 bits per heavy atom. The number of carbonyl (C=O) groups is 2. The van der Waals surface area contributed by atoms with Crippen molar-refractivity contribution in [1.82, 2.24) is 19.6 Å². The Morgan fingerprint density at radius 1 is 0.953 bits per heavy atom. The summed E-state index contributed by atoms with van der Waals surface area (Å²) in [5, 5.41) is 6.17. The molecule has 0 aliphatic heterocycles. The molecule has 0 bridgehead atoms. The highest BCUT2D eigenvalue weighted by atomic mass is 32.2. The highest BCUT2D eigenvalue weighted by Crippen LogP contribution is 2.31. The van der Waals surface area contributed by atoms with Gasteiger partial charge in [-0.15, -0.1) is 0 Å². The first-order valence-electron chi connectivity index (χ1n) is 14.5. The van der Waals surface area contributed by atoms with E-state index in [1.165, 1.54) is 0 Å². The molecule has 4 aromatic rings. The fraction of sp³-hybridized carbons (Fsp3) is 0.344. The van der Waals surface area contributed by atoms with Crippen LogP contribution in [0.1, 0.15) is 50.9 Å². The number of ether oxygens (including phenoxy) is 1. The second kappa shape index (κ2) is 14.7. The number of unbranched alkanes of at least 4 members (excludes halogenated alkanes) is 2. The number of benzene rings is 3. The molecule has 0 aliphatic carbocycles. The van der Waals surface area contributed by atoms with Gasteiger partial charge in [-0.3, -0.25) is 4.79 Å². The molecule has 11 heteroatoms. The molecule has 1 aromatic heterocycles. The number of aromatic nitrogens is 2. The summed E-state index contributed by atoms with van der Waals surface area (Å²) in [6.45, 7) is 5.74. The lowest BCUT2D eigenvalue weighted by Gasteiger charge is -2.13. The van der Waals surface area contributed by atoms with Crippen LogP contribution < -0.4 is 20.1 Å². The van der Waals surface area contributed by atoms with Crippen molar-refractivity contribution in [2.24, 2.45) is 0 Å². The number of fused-ring (bicyclic) bond motifs is 1. The molecule has 0 fully saturated rings. The van der Waals surface area contributed by atoms with E-state index < -0.39 is 16.1 Å². The zero-order valence-electron chi connectivity index (χ0n) is 24.9. The zero-order valence-corrected chi connectivity index (χ0v) is 25.7. The van der Waals surface area contributed by atoms with Gasteiger partial charge in [0.2, 0.25) is 15.9 Å². The van der Waals surface area contributed by atoms with Crippen LogP contribution in [0.15, 0.2) is 66.7 Å². The maximum Gasteiger partial charge on any atom is 0.426 e. The molecule has 0 unspecified atom stereocenters. The third-order valence-electron chi connectivity index (χ3n) is 6.85. The van der Waals surface area contributed by atoms with E-state index in [4.69, 9.17) is 9.72 Å². The van der Waals surface area contributed by atoms with Gasteiger partial charge in [0.05, 0.1) is 23.8 Å². The Kier molecular flexibility index (Phi) is 10.8. The van der Waals surface area contributed by atoms with E-state index in [1.54, 1.807) is 12.1 Å². The van der Waals surface area contributed by atoms with Crippen LogP contribution in [-0.4, -0.2) is 49.3 Å². The lowest BCUT2D eigenvalue weighted by atomic mass is 10.0. The Bertz CT molecular complexity index is 1670. The predicted octanol–water partition coefficient (Wildman–Crippen LogP) is 5.47. The summed E-state index contributed by atoms with van der Waals surface area (Å²) in [7, 11) is -3.75. The molecule has 0 aliphatic rings. The first-order chi connectivity index (χ1) is 20.7. The van der Waals surface area contributed by atoms with E-state index in [-0.39, 0.29) is 18.2 Å². The second-order valence-electron chi connectivity index (χ2n) is 10.4. The summed E-state index contributed by atoms with van der Waals surface area (Å²) < 4.78 is 32.1. The Balaban J connectivity index is 1.55. The number of anilines is 1. The van der Waals surface area contributed by atoms with Gasteiger partial charge < -0.3 is 19.9 Å². The van der Waals surface area contributed by atoms with Gasteiger partial charge in [0.15, 0.2) is 0 Å². The first kappa shape index (κ1) is 31.6. The molecular formula is C32H39N5O5S. The van der Waals surface area contributed by atoms with Crippen LogP contribution in [-0.2, 0) is 27.8 Å². The average molecular weight is 606 g/mol. The highest BCUT2D eigenvalue weighted by Gasteiger charge is 2.15. The number of sulfonamides is 1. The number of nitrogens with zero attached hydrogens (tertiary/aromatic N) is 2. The molecule has 0 saturated heterocycles. The van der Waals surface area contributed by atoms with Gasteiger partial charge in [-0.2, -0.15) is 0 Å². The molecule has 0 spiro atoms. The van der Waals surface area contributed by atoms with Crippen molar-refractivity contribution in [3.05, 3.63) is 78.1 Å². The molecule has 3 aromatic carbocycles. The number of imidazole rings is 1. The summed E-state index contributed by atoms with van der Waals surface area (Å²) in [6.07, 6.45) is 4.75. The molecule has 1 heterocycles.